The van der Waals surface area contributed by atoms with Crippen LogP contribution < -0.4 is 19.1 Å². The van der Waals surface area contributed by atoms with Crippen LogP contribution in [-0.4, -0.2) is 58.3 Å². The number of methoxy groups -OCH3 is 3. The highest BCUT2D eigenvalue weighted by atomic mass is 79.9. The lowest BCUT2D eigenvalue weighted by Gasteiger charge is -2.32. The van der Waals surface area contributed by atoms with Crippen molar-refractivity contribution in [3.8, 4) is 17.2 Å². The second-order valence-electron chi connectivity index (χ2n) is 6.74. The minimum atomic E-state index is 0.0278. The van der Waals surface area contributed by atoms with E-state index >= 15 is 0 Å². The minimum absolute atomic E-state index is 0.0278. The molecule has 0 unspecified atom stereocenters. The molecule has 7 heteroatoms. The molecule has 6 nitrogen and oxygen atoms in total. The van der Waals surface area contributed by atoms with E-state index in [1.54, 1.807) is 39.5 Å². The molecule has 150 valence electrons. The molecule has 1 aliphatic rings. The summed E-state index contributed by atoms with van der Waals surface area (Å²) in [6.07, 6.45) is 0. The van der Waals surface area contributed by atoms with E-state index in [1.807, 2.05) is 17.0 Å². The van der Waals surface area contributed by atoms with Gasteiger partial charge in [0.15, 0.2) is 11.5 Å². The minimum Gasteiger partial charge on any atom is -0.496 e. The fourth-order valence-electron chi connectivity index (χ4n) is 3.51. The Morgan fingerprint density at radius 1 is 0.964 bits per heavy atom. The van der Waals surface area contributed by atoms with Crippen LogP contribution in [0.2, 0.25) is 0 Å². The molecule has 0 saturated carbocycles. The number of rotatable bonds is 6. The third-order valence-electron chi connectivity index (χ3n) is 5.07. The zero-order valence-electron chi connectivity index (χ0n) is 16.5. The van der Waals surface area contributed by atoms with E-state index in [4.69, 9.17) is 14.2 Å². The van der Waals surface area contributed by atoms with Gasteiger partial charge < -0.3 is 24.0 Å². The van der Waals surface area contributed by atoms with Gasteiger partial charge in [-0.15, -0.1) is 0 Å². The van der Waals surface area contributed by atoms with Crippen molar-refractivity contribution >= 4 is 21.8 Å². The molecule has 1 saturated heterocycles. The lowest BCUT2D eigenvalue weighted by molar-refractivity contribution is -0.917. The van der Waals surface area contributed by atoms with Gasteiger partial charge in [0.25, 0.3) is 5.91 Å². The number of hydrogen-bond donors (Lipinski definition) is 1. The molecule has 2 aromatic carbocycles. The van der Waals surface area contributed by atoms with E-state index in [0.717, 1.165) is 42.9 Å². The summed E-state index contributed by atoms with van der Waals surface area (Å²) in [5, 5.41) is 0. The molecule has 1 fully saturated rings. The van der Waals surface area contributed by atoms with Crippen molar-refractivity contribution in [3.63, 3.8) is 0 Å². The predicted molar refractivity (Wildman–Crippen MR) is 111 cm³/mol. The van der Waals surface area contributed by atoms with E-state index in [0.29, 0.717) is 17.1 Å². The van der Waals surface area contributed by atoms with Crippen LogP contribution in [0, 0.1) is 0 Å². The highest BCUT2D eigenvalue weighted by Crippen LogP contribution is 2.28. The summed E-state index contributed by atoms with van der Waals surface area (Å²) in [7, 11) is 4.86. The second-order valence-corrected chi connectivity index (χ2v) is 7.66. The molecule has 0 bridgehead atoms. The van der Waals surface area contributed by atoms with Gasteiger partial charge in [0, 0.05) is 15.6 Å². The molecule has 0 atom stereocenters. The van der Waals surface area contributed by atoms with Gasteiger partial charge in [-0.25, -0.2) is 0 Å². The molecule has 0 aliphatic carbocycles. The number of benzene rings is 2. The van der Waals surface area contributed by atoms with Gasteiger partial charge in [0.1, 0.15) is 12.3 Å². The molecule has 0 spiro atoms. The van der Waals surface area contributed by atoms with E-state index in [-0.39, 0.29) is 5.91 Å². The van der Waals surface area contributed by atoms with E-state index in [1.165, 1.54) is 10.5 Å². The fraction of sp³-hybridized carbons (Fsp3) is 0.381. The Morgan fingerprint density at radius 2 is 1.61 bits per heavy atom. The van der Waals surface area contributed by atoms with E-state index in [2.05, 4.69) is 22.0 Å². The Balaban J connectivity index is 1.62. The van der Waals surface area contributed by atoms with Crippen LogP contribution in [0.3, 0.4) is 0 Å². The van der Waals surface area contributed by atoms with Crippen molar-refractivity contribution in [1.82, 2.24) is 4.90 Å². The quantitative estimate of drug-likeness (QED) is 0.732. The number of quaternary nitrogens is 1. The van der Waals surface area contributed by atoms with Gasteiger partial charge in [-0.1, -0.05) is 15.9 Å². The summed E-state index contributed by atoms with van der Waals surface area (Å²) < 4.78 is 17.1. The second kappa shape index (κ2) is 9.30. The molecule has 2 aromatic rings. The van der Waals surface area contributed by atoms with Gasteiger partial charge in [-0.2, -0.15) is 0 Å². The summed E-state index contributed by atoms with van der Waals surface area (Å²) >= 11 is 3.53. The van der Waals surface area contributed by atoms with Gasteiger partial charge in [0.05, 0.1) is 47.5 Å². The molecule has 0 aromatic heterocycles. The number of piperazine rings is 1. The summed E-state index contributed by atoms with van der Waals surface area (Å²) in [4.78, 5) is 16.2. The smallest absolute Gasteiger partial charge is 0.254 e. The summed E-state index contributed by atoms with van der Waals surface area (Å²) in [5.41, 5.74) is 1.79. The zero-order valence-corrected chi connectivity index (χ0v) is 18.0. The Labute approximate surface area is 174 Å². The highest BCUT2D eigenvalue weighted by molar-refractivity contribution is 9.10. The normalized spacial score (nSPS) is 14.6. The average Bonchev–Trinajstić information content (AvgIpc) is 2.73. The molecule has 1 aliphatic heterocycles. The van der Waals surface area contributed by atoms with Crippen molar-refractivity contribution in [3.05, 3.63) is 52.0 Å². The number of ether oxygens (including phenoxy) is 3. The summed E-state index contributed by atoms with van der Waals surface area (Å²) in [6, 6.07) is 11.4. The van der Waals surface area contributed by atoms with Crippen LogP contribution in [0.1, 0.15) is 15.9 Å². The van der Waals surface area contributed by atoms with Gasteiger partial charge in [-0.05, 0) is 36.4 Å². The third-order valence-corrected chi connectivity index (χ3v) is 5.56. The first-order valence-electron chi connectivity index (χ1n) is 9.23. The molecule has 3 rings (SSSR count). The van der Waals surface area contributed by atoms with Crippen molar-refractivity contribution in [2.24, 2.45) is 0 Å². The van der Waals surface area contributed by atoms with Gasteiger partial charge in [0.2, 0.25) is 0 Å². The van der Waals surface area contributed by atoms with Crippen LogP contribution in [0.4, 0.5) is 0 Å². The lowest BCUT2D eigenvalue weighted by Crippen LogP contribution is -3.13. The highest BCUT2D eigenvalue weighted by Gasteiger charge is 2.26. The number of nitrogens with one attached hydrogen (secondary N) is 1. The SMILES string of the molecule is COc1ccc(Br)cc1C[NH+]1CCN(C(=O)c2ccc(OC)c(OC)c2)CC1. The van der Waals surface area contributed by atoms with Crippen LogP contribution in [0.15, 0.2) is 40.9 Å². The number of halogens is 1. The van der Waals surface area contributed by atoms with E-state index in [9.17, 15) is 4.79 Å². The maximum atomic E-state index is 12.9. The number of amides is 1. The zero-order chi connectivity index (χ0) is 20.1. The van der Waals surface area contributed by atoms with E-state index < -0.39 is 0 Å². The standard InChI is InChI=1S/C21H25BrN2O4/c1-26-18-7-5-17(22)12-16(18)14-23-8-10-24(11-9-23)21(25)15-4-6-19(27-2)20(13-15)28-3/h4-7,12-13H,8-11,14H2,1-3H3/p+1. The predicted octanol–water partition coefficient (Wildman–Crippen LogP) is 2.02. The van der Waals surface area contributed by atoms with Crippen LogP contribution >= 0.6 is 15.9 Å². The van der Waals surface area contributed by atoms with Gasteiger partial charge in [-0.3, -0.25) is 4.79 Å². The maximum Gasteiger partial charge on any atom is 0.254 e. The first-order chi connectivity index (χ1) is 13.5. The van der Waals surface area contributed by atoms with Crippen LogP contribution in [0.5, 0.6) is 17.2 Å². The first-order valence-corrected chi connectivity index (χ1v) is 10.0. The summed E-state index contributed by atoms with van der Waals surface area (Å²) in [5.74, 6) is 2.12. The topological polar surface area (TPSA) is 52.4 Å². The molecule has 1 amide bonds. The molecule has 28 heavy (non-hydrogen) atoms. The number of carbonyl (C=O) groups excluding carboxylic acids is 1. The summed E-state index contributed by atoms with van der Waals surface area (Å²) in [6.45, 7) is 4.11. The average molecular weight is 450 g/mol. The lowest BCUT2D eigenvalue weighted by atomic mass is 10.1. The Bertz CT molecular complexity index is 835. The largest absolute Gasteiger partial charge is 0.496 e. The van der Waals surface area contributed by atoms with Crippen molar-refractivity contribution < 1.29 is 23.9 Å². The third kappa shape index (κ3) is 4.59. The number of hydrogen-bond acceptors (Lipinski definition) is 4. The Morgan fingerprint density at radius 3 is 2.25 bits per heavy atom. The monoisotopic (exact) mass is 449 g/mol. The first kappa shape index (κ1) is 20.5. The Hall–Kier alpha value is -2.25. The molecule has 1 N–H and O–H groups in total. The Kier molecular flexibility index (Phi) is 6.80. The molecule has 1 heterocycles. The number of carbonyl (C=O) groups is 1. The molecular weight excluding hydrogens is 424 g/mol. The van der Waals surface area contributed by atoms with Gasteiger partial charge >= 0.3 is 0 Å². The van der Waals surface area contributed by atoms with Crippen molar-refractivity contribution in [2.45, 2.75) is 6.54 Å². The van der Waals surface area contributed by atoms with Crippen molar-refractivity contribution in [2.75, 3.05) is 47.5 Å². The van der Waals surface area contributed by atoms with Crippen LogP contribution in [-0.2, 0) is 6.54 Å². The molecular formula is C21H26BrN2O4+. The van der Waals surface area contributed by atoms with Crippen molar-refractivity contribution in [1.29, 1.82) is 0 Å². The maximum absolute atomic E-state index is 12.9. The fourth-order valence-corrected chi connectivity index (χ4v) is 3.92. The number of nitrogens with zero attached hydrogens (tertiary/aromatic N) is 1. The molecule has 0 radical (unpaired) electrons. The van der Waals surface area contributed by atoms with Crippen LogP contribution in [0.25, 0.3) is 0 Å².